The number of thiophene rings is 1. The van der Waals surface area contributed by atoms with Crippen LogP contribution in [0.4, 0.5) is 0 Å². The van der Waals surface area contributed by atoms with Gasteiger partial charge in [-0.2, -0.15) is 0 Å². The van der Waals surface area contributed by atoms with Gasteiger partial charge in [-0.05, 0) is 18.4 Å². The van der Waals surface area contributed by atoms with Crippen LogP contribution in [-0.2, 0) is 9.53 Å². The quantitative estimate of drug-likeness (QED) is 0.826. The molecular formula is C11H16N2O2S. The Kier molecular flexibility index (Phi) is 3.93. The fraction of sp³-hybridized carbons (Fsp3) is 0.545. The summed E-state index contributed by atoms with van der Waals surface area (Å²) in [5.74, 6) is -0.0342. The average molecular weight is 240 g/mol. The van der Waals surface area contributed by atoms with Crippen LogP contribution in [0.2, 0.25) is 0 Å². The lowest BCUT2D eigenvalue weighted by Crippen LogP contribution is -2.48. The van der Waals surface area contributed by atoms with Crippen LogP contribution in [0.15, 0.2) is 17.5 Å². The minimum Gasteiger partial charge on any atom is -0.366 e. The lowest BCUT2D eigenvalue weighted by Gasteiger charge is -2.24. The summed E-state index contributed by atoms with van der Waals surface area (Å²) in [6.45, 7) is 4.01. The summed E-state index contributed by atoms with van der Waals surface area (Å²) in [6, 6.07) is 4.06. The molecule has 2 heterocycles. The SMILES string of the molecule is C[C@@H](NC(=O)C1CNCCO1)c1cccs1. The van der Waals surface area contributed by atoms with E-state index in [9.17, 15) is 4.79 Å². The Morgan fingerprint density at radius 2 is 2.62 bits per heavy atom. The van der Waals surface area contributed by atoms with Crippen LogP contribution in [0.1, 0.15) is 17.8 Å². The molecule has 0 spiro atoms. The first-order valence-electron chi connectivity index (χ1n) is 5.43. The zero-order valence-electron chi connectivity index (χ0n) is 9.23. The van der Waals surface area contributed by atoms with E-state index in [1.54, 1.807) is 11.3 Å². The van der Waals surface area contributed by atoms with Gasteiger partial charge >= 0.3 is 0 Å². The minimum atomic E-state index is -0.351. The van der Waals surface area contributed by atoms with Crippen molar-refractivity contribution in [2.24, 2.45) is 0 Å². The van der Waals surface area contributed by atoms with E-state index >= 15 is 0 Å². The van der Waals surface area contributed by atoms with Crippen molar-refractivity contribution in [2.45, 2.75) is 19.1 Å². The van der Waals surface area contributed by atoms with Gasteiger partial charge in [0.15, 0.2) is 0 Å². The Morgan fingerprint density at radius 1 is 1.75 bits per heavy atom. The Labute approximate surface area is 99.0 Å². The molecule has 1 aromatic heterocycles. The Bertz CT molecular complexity index is 334. The summed E-state index contributed by atoms with van der Waals surface area (Å²) < 4.78 is 5.39. The van der Waals surface area contributed by atoms with Gasteiger partial charge in [0.25, 0.3) is 5.91 Å². The molecule has 1 aromatic rings. The minimum absolute atomic E-state index is 0.0342. The van der Waals surface area contributed by atoms with Crippen molar-refractivity contribution in [1.82, 2.24) is 10.6 Å². The number of carbonyl (C=O) groups excluding carboxylic acids is 1. The summed E-state index contributed by atoms with van der Waals surface area (Å²) >= 11 is 1.65. The summed E-state index contributed by atoms with van der Waals surface area (Å²) in [5.41, 5.74) is 0. The molecule has 2 N–H and O–H groups in total. The Morgan fingerprint density at radius 3 is 3.25 bits per heavy atom. The van der Waals surface area contributed by atoms with E-state index in [0.717, 1.165) is 11.4 Å². The van der Waals surface area contributed by atoms with Crippen LogP contribution in [0.25, 0.3) is 0 Å². The van der Waals surface area contributed by atoms with Gasteiger partial charge in [-0.25, -0.2) is 0 Å². The number of hydrogen-bond acceptors (Lipinski definition) is 4. The van der Waals surface area contributed by atoms with Crippen LogP contribution in [-0.4, -0.2) is 31.7 Å². The van der Waals surface area contributed by atoms with Crippen LogP contribution in [0.5, 0.6) is 0 Å². The first-order chi connectivity index (χ1) is 7.77. The Balaban J connectivity index is 1.86. The van der Waals surface area contributed by atoms with Gasteiger partial charge in [-0.3, -0.25) is 4.79 Å². The second kappa shape index (κ2) is 5.43. The van der Waals surface area contributed by atoms with Crippen LogP contribution < -0.4 is 10.6 Å². The maximum atomic E-state index is 11.8. The molecule has 0 aromatic carbocycles. The number of nitrogens with one attached hydrogen (secondary N) is 2. The fourth-order valence-electron chi connectivity index (χ4n) is 1.65. The molecule has 88 valence electrons. The summed E-state index contributed by atoms with van der Waals surface area (Å²) in [4.78, 5) is 13.0. The number of hydrogen-bond donors (Lipinski definition) is 2. The molecule has 16 heavy (non-hydrogen) atoms. The Hall–Kier alpha value is -0.910. The maximum Gasteiger partial charge on any atom is 0.250 e. The third-order valence-electron chi connectivity index (χ3n) is 2.55. The van der Waals surface area contributed by atoms with Gasteiger partial charge in [0.05, 0.1) is 12.6 Å². The highest BCUT2D eigenvalue weighted by atomic mass is 32.1. The number of morpholine rings is 1. The fourth-order valence-corrected chi connectivity index (χ4v) is 2.38. The van der Waals surface area contributed by atoms with E-state index in [1.807, 2.05) is 24.4 Å². The standard InChI is InChI=1S/C11H16N2O2S/c1-8(10-3-2-6-16-10)13-11(14)9-7-12-4-5-15-9/h2-3,6,8-9,12H,4-5,7H2,1H3,(H,13,14)/t8-,9?/m1/s1. The van der Waals surface area contributed by atoms with E-state index in [4.69, 9.17) is 4.74 Å². The first kappa shape index (κ1) is 11.6. The van der Waals surface area contributed by atoms with Crippen molar-refractivity contribution in [1.29, 1.82) is 0 Å². The number of carbonyl (C=O) groups is 1. The van der Waals surface area contributed by atoms with Crippen molar-refractivity contribution < 1.29 is 9.53 Å². The van der Waals surface area contributed by atoms with Crippen LogP contribution in [0.3, 0.4) is 0 Å². The molecule has 1 unspecified atom stereocenters. The van der Waals surface area contributed by atoms with Gasteiger partial charge in [0.2, 0.25) is 0 Å². The lowest BCUT2D eigenvalue weighted by molar-refractivity contribution is -0.134. The maximum absolute atomic E-state index is 11.8. The molecule has 1 saturated heterocycles. The van der Waals surface area contributed by atoms with Gasteiger partial charge in [0.1, 0.15) is 6.10 Å². The van der Waals surface area contributed by atoms with Gasteiger partial charge in [-0.1, -0.05) is 6.07 Å². The zero-order chi connectivity index (χ0) is 11.4. The van der Waals surface area contributed by atoms with Crippen molar-refractivity contribution in [3.05, 3.63) is 22.4 Å². The van der Waals surface area contributed by atoms with E-state index in [-0.39, 0.29) is 18.1 Å². The summed E-state index contributed by atoms with van der Waals surface area (Å²) in [5, 5.41) is 8.11. The zero-order valence-corrected chi connectivity index (χ0v) is 10.0. The van der Waals surface area contributed by atoms with Crippen molar-refractivity contribution in [3.63, 3.8) is 0 Å². The largest absolute Gasteiger partial charge is 0.366 e. The number of ether oxygens (including phenoxy) is 1. The molecule has 1 aliphatic rings. The summed E-state index contributed by atoms with van der Waals surface area (Å²) in [7, 11) is 0. The predicted molar refractivity (Wildman–Crippen MR) is 63.5 cm³/mol. The molecule has 2 atom stereocenters. The third-order valence-corrected chi connectivity index (χ3v) is 3.60. The molecular weight excluding hydrogens is 224 g/mol. The van der Waals surface area contributed by atoms with E-state index in [2.05, 4.69) is 10.6 Å². The highest BCUT2D eigenvalue weighted by molar-refractivity contribution is 7.10. The van der Waals surface area contributed by atoms with E-state index in [1.165, 1.54) is 0 Å². The molecule has 1 aliphatic heterocycles. The topological polar surface area (TPSA) is 50.4 Å². The van der Waals surface area contributed by atoms with Gasteiger partial charge in [-0.15, -0.1) is 11.3 Å². The number of amides is 1. The molecule has 4 nitrogen and oxygen atoms in total. The first-order valence-corrected chi connectivity index (χ1v) is 6.31. The molecule has 0 bridgehead atoms. The third kappa shape index (κ3) is 2.81. The monoisotopic (exact) mass is 240 g/mol. The molecule has 1 fully saturated rings. The highest BCUT2D eigenvalue weighted by Crippen LogP contribution is 2.18. The molecule has 0 radical (unpaired) electrons. The highest BCUT2D eigenvalue weighted by Gasteiger charge is 2.23. The van der Waals surface area contributed by atoms with Gasteiger partial charge < -0.3 is 15.4 Å². The van der Waals surface area contributed by atoms with Crippen molar-refractivity contribution in [2.75, 3.05) is 19.7 Å². The van der Waals surface area contributed by atoms with Crippen molar-refractivity contribution >= 4 is 17.2 Å². The second-order valence-electron chi connectivity index (χ2n) is 3.81. The van der Waals surface area contributed by atoms with Crippen LogP contribution in [0, 0.1) is 0 Å². The van der Waals surface area contributed by atoms with E-state index < -0.39 is 0 Å². The van der Waals surface area contributed by atoms with E-state index in [0.29, 0.717) is 13.2 Å². The second-order valence-corrected chi connectivity index (χ2v) is 4.79. The van der Waals surface area contributed by atoms with Crippen LogP contribution >= 0.6 is 11.3 Å². The normalized spacial score (nSPS) is 22.7. The smallest absolute Gasteiger partial charge is 0.250 e. The van der Waals surface area contributed by atoms with Crippen molar-refractivity contribution in [3.8, 4) is 0 Å². The summed E-state index contributed by atoms with van der Waals surface area (Å²) in [6.07, 6.45) is -0.351. The van der Waals surface area contributed by atoms with Gasteiger partial charge in [0, 0.05) is 18.0 Å². The average Bonchev–Trinajstić information content (AvgIpc) is 2.83. The molecule has 0 aliphatic carbocycles. The molecule has 0 saturated carbocycles. The lowest BCUT2D eigenvalue weighted by atomic mass is 10.2. The number of rotatable bonds is 3. The molecule has 1 amide bonds. The molecule has 2 rings (SSSR count). The predicted octanol–water partition coefficient (Wildman–Crippen LogP) is 0.914. The molecule has 5 heteroatoms.